The Labute approximate surface area is 130 Å². The molecule has 7 heteroatoms. The molecule has 0 atom stereocenters. The van der Waals surface area contributed by atoms with Crippen LogP contribution in [0, 0.1) is 13.8 Å². The van der Waals surface area contributed by atoms with Gasteiger partial charge >= 0.3 is 5.97 Å². The number of nitrogens with one attached hydrogen (secondary N) is 2. The molecule has 0 aromatic carbocycles. The smallest absolute Gasteiger partial charge is 0.305 e. The molecule has 1 aromatic heterocycles. The monoisotopic (exact) mass is 308 g/mol. The van der Waals surface area contributed by atoms with E-state index in [4.69, 9.17) is 5.11 Å². The molecule has 0 spiro atoms. The average molecular weight is 308 g/mol. The van der Waals surface area contributed by atoms with Crippen LogP contribution in [-0.2, 0) is 9.59 Å². The van der Waals surface area contributed by atoms with Crippen molar-refractivity contribution in [3.05, 3.63) is 17.6 Å². The van der Waals surface area contributed by atoms with Crippen LogP contribution >= 0.6 is 0 Å². The lowest BCUT2D eigenvalue weighted by Crippen LogP contribution is -2.25. The summed E-state index contributed by atoms with van der Waals surface area (Å²) in [7, 11) is 0. The van der Waals surface area contributed by atoms with Gasteiger partial charge in [0.1, 0.15) is 11.6 Å². The zero-order valence-electron chi connectivity index (χ0n) is 13.2. The Hall–Kier alpha value is -2.18. The minimum atomic E-state index is -0.901. The van der Waals surface area contributed by atoms with Crippen LogP contribution in [-0.4, -0.2) is 40.0 Å². The summed E-state index contributed by atoms with van der Waals surface area (Å²) in [6.45, 7) is 4.82. The van der Waals surface area contributed by atoms with Crippen molar-refractivity contribution in [2.24, 2.45) is 0 Å². The first-order chi connectivity index (χ1) is 10.5. The van der Waals surface area contributed by atoms with Crippen LogP contribution in [0.5, 0.6) is 0 Å². The first-order valence-corrected chi connectivity index (χ1v) is 7.51. The second kappa shape index (κ2) is 9.70. The molecule has 7 nitrogen and oxygen atoms in total. The van der Waals surface area contributed by atoms with E-state index in [0.29, 0.717) is 6.42 Å². The fourth-order valence-corrected chi connectivity index (χ4v) is 1.90. The fraction of sp³-hybridized carbons (Fsp3) is 0.600. The summed E-state index contributed by atoms with van der Waals surface area (Å²) >= 11 is 0. The lowest BCUT2D eigenvalue weighted by molar-refractivity contribution is -0.136. The number of nitrogens with zero attached hydrogens (tertiary/aromatic N) is 2. The van der Waals surface area contributed by atoms with Gasteiger partial charge in [0, 0.05) is 31.3 Å². The molecule has 0 saturated carbocycles. The summed E-state index contributed by atoms with van der Waals surface area (Å²) < 4.78 is 0. The predicted octanol–water partition coefficient (Wildman–Crippen LogP) is 1.66. The molecule has 122 valence electrons. The molecule has 1 amide bonds. The van der Waals surface area contributed by atoms with Crippen molar-refractivity contribution in [1.29, 1.82) is 0 Å². The molecule has 0 fully saturated rings. The van der Waals surface area contributed by atoms with E-state index < -0.39 is 5.97 Å². The molecule has 1 heterocycles. The number of rotatable bonds is 10. The highest BCUT2D eigenvalue weighted by molar-refractivity contribution is 5.76. The largest absolute Gasteiger partial charge is 0.481 e. The Kier molecular flexibility index (Phi) is 7.88. The van der Waals surface area contributed by atoms with E-state index in [1.807, 2.05) is 13.8 Å². The molecule has 0 unspecified atom stereocenters. The van der Waals surface area contributed by atoms with Crippen LogP contribution in [0.4, 0.5) is 5.82 Å². The molecular weight excluding hydrogens is 284 g/mol. The molecule has 0 saturated heterocycles. The quantitative estimate of drug-likeness (QED) is 0.568. The third kappa shape index (κ3) is 7.56. The van der Waals surface area contributed by atoms with Crippen LogP contribution < -0.4 is 10.6 Å². The van der Waals surface area contributed by atoms with Crippen molar-refractivity contribution < 1.29 is 14.7 Å². The van der Waals surface area contributed by atoms with Gasteiger partial charge in [-0.3, -0.25) is 9.59 Å². The average Bonchev–Trinajstić information content (AvgIpc) is 2.45. The molecule has 3 N–H and O–H groups in total. The first-order valence-electron chi connectivity index (χ1n) is 7.51. The number of carbonyl (C=O) groups excluding carboxylic acids is 1. The van der Waals surface area contributed by atoms with Gasteiger partial charge in [-0.25, -0.2) is 9.97 Å². The van der Waals surface area contributed by atoms with E-state index in [9.17, 15) is 9.59 Å². The van der Waals surface area contributed by atoms with Gasteiger partial charge in [0.15, 0.2) is 0 Å². The van der Waals surface area contributed by atoms with Crippen molar-refractivity contribution in [1.82, 2.24) is 15.3 Å². The summed E-state index contributed by atoms with van der Waals surface area (Å²) in [6.07, 6.45) is 4.88. The van der Waals surface area contributed by atoms with Crippen molar-refractivity contribution >= 4 is 17.7 Å². The number of hydrogen-bond donors (Lipinski definition) is 3. The summed E-state index contributed by atoms with van der Waals surface area (Å²) in [5.74, 6) is 0.614. The number of aliphatic carboxylic acids is 1. The number of aryl methyl sites for hydroxylation is 2. The van der Waals surface area contributed by atoms with E-state index in [2.05, 4.69) is 20.6 Å². The topological polar surface area (TPSA) is 104 Å². The van der Waals surface area contributed by atoms with Crippen LogP contribution in [0.15, 0.2) is 6.20 Å². The van der Waals surface area contributed by atoms with Gasteiger partial charge < -0.3 is 15.7 Å². The van der Waals surface area contributed by atoms with Crippen LogP contribution in [0.1, 0.15) is 43.5 Å². The number of carboxylic acids is 1. The first kappa shape index (κ1) is 17.9. The predicted molar refractivity (Wildman–Crippen MR) is 83.7 cm³/mol. The number of carbonyl (C=O) groups is 2. The van der Waals surface area contributed by atoms with Gasteiger partial charge in [0.05, 0.1) is 6.42 Å². The Morgan fingerprint density at radius 3 is 2.64 bits per heavy atom. The van der Waals surface area contributed by atoms with E-state index in [1.54, 1.807) is 6.20 Å². The maximum atomic E-state index is 11.4. The highest BCUT2D eigenvalue weighted by Gasteiger charge is 2.03. The normalized spacial score (nSPS) is 10.3. The summed E-state index contributed by atoms with van der Waals surface area (Å²) in [4.78, 5) is 30.2. The van der Waals surface area contributed by atoms with E-state index in [-0.39, 0.29) is 18.9 Å². The van der Waals surface area contributed by atoms with Gasteiger partial charge in [-0.1, -0.05) is 6.42 Å². The second-order valence-electron chi connectivity index (χ2n) is 5.18. The fourth-order valence-electron chi connectivity index (χ4n) is 1.90. The SMILES string of the molecule is Cc1ncc(C)c(NCCCCCC(=O)NCCC(=O)O)n1. The van der Waals surface area contributed by atoms with Crippen molar-refractivity contribution in [3.8, 4) is 0 Å². The lowest BCUT2D eigenvalue weighted by Gasteiger charge is -2.08. The zero-order chi connectivity index (χ0) is 16.4. The van der Waals surface area contributed by atoms with E-state index in [1.165, 1.54) is 0 Å². The van der Waals surface area contributed by atoms with Crippen molar-refractivity contribution in [3.63, 3.8) is 0 Å². The number of amides is 1. The lowest BCUT2D eigenvalue weighted by atomic mass is 10.2. The third-order valence-electron chi connectivity index (χ3n) is 3.13. The van der Waals surface area contributed by atoms with E-state index in [0.717, 1.165) is 43.0 Å². The van der Waals surface area contributed by atoms with Gasteiger partial charge in [-0.05, 0) is 26.7 Å². The molecule has 0 aliphatic rings. The zero-order valence-corrected chi connectivity index (χ0v) is 13.2. The number of aromatic nitrogens is 2. The Morgan fingerprint density at radius 2 is 1.91 bits per heavy atom. The number of hydrogen-bond acceptors (Lipinski definition) is 5. The number of unbranched alkanes of at least 4 members (excludes halogenated alkanes) is 2. The summed E-state index contributed by atoms with van der Waals surface area (Å²) in [5, 5.41) is 14.3. The minimum absolute atomic E-state index is 0.0344. The standard InChI is InChI=1S/C15H24N4O3/c1-11-10-18-12(2)19-15(11)17-8-5-3-4-6-13(20)16-9-7-14(21)22/h10H,3-9H2,1-2H3,(H,16,20)(H,21,22)(H,17,18,19). The van der Waals surface area contributed by atoms with E-state index >= 15 is 0 Å². The summed E-state index contributed by atoms with van der Waals surface area (Å²) in [6, 6.07) is 0. The molecule has 22 heavy (non-hydrogen) atoms. The number of anilines is 1. The summed E-state index contributed by atoms with van der Waals surface area (Å²) in [5.41, 5.74) is 1.02. The second-order valence-corrected chi connectivity index (χ2v) is 5.18. The number of carboxylic acid groups (broad SMARTS) is 1. The van der Waals surface area contributed by atoms with Crippen LogP contribution in [0.2, 0.25) is 0 Å². The molecule has 1 rings (SSSR count). The Balaban J connectivity index is 2.07. The maximum absolute atomic E-state index is 11.4. The highest BCUT2D eigenvalue weighted by Crippen LogP contribution is 2.10. The molecule has 1 aromatic rings. The Bertz CT molecular complexity index is 506. The van der Waals surface area contributed by atoms with Gasteiger partial charge in [0.2, 0.25) is 5.91 Å². The molecule has 0 aliphatic carbocycles. The van der Waals surface area contributed by atoms with Gasteiger partial charge in [-0.15, -0.1) is 0 Å². The minimum Gasteiger partial charge on any atom is -0.481 e. The molecule has 0 radical (unpaired) electrons. The van der Waals surface area contributed by atoms with Crippen LogP contribution in [0.3, 0.4) is 0 Å². The van der Waals surface area contributed by atoms with Gasteiger partial charge in [-0.2, -0.15) is 0 Å². The van der Waals surface area contributed by atoms with Crippen molar-refractivity contribution in [2.75, 3.05) is 18.4 Å². The Morgan fingerprint density at radius 1 is 1.14 bits per heavy atom. The maximum Gasteiger partial charge on any atom is 0.305 e. The van der Waals surface area contributed by atoms with Crippen molar-refractivity contribution in [2.45, 2.75) is 46.0 Å². The highest BCUT2D eigenvalue weighted by atomic mass is 16.4. The molecule has 0 aliphatic heterocycles. The molecular formula is C15H24N4O3. The molecule has 0 bridgehead atoms. The third-order valence-corrected chi connectivity index (χ3v) is 3.13. The van der Waals surface area contributed by atoms with Gasteiger partial charge in [0.25, 0.3) is 0 Å². The van der Waals surface area contributed by atoms with Crippen LogP contribution in [0.25, 0.3) is 0 Å².